The topological polar surface area (TPSA) is 88.3 Å². The molecule has 0 aliphatic carbocycles. The molecule has 0 bridgehead atoms. The molecule has 0 saturated carbocycles. The summed E-state index contributed by atoms with van der Waals surface area (Å²) >= 11 is 0. The number of aromatic nitrogens is 2. The van der Waals surface area contributed by atoms with E-state index < -0.39 is 11.7 Å². The fraction of sp³-hybridized carbons (Fsp3) is 0.360. The number of carbonyl (C=O) groups excluding carboxylic acids is 2. The maximum atomic E-state index is 13.0. The molecule has 184 valence electrons. The van der Waals surface area contributed by atoms with Gasteiger partial charge in [0.15, 0.2) is 5.69 Å². The van der Waals surface area contributed by atoms with Gasteiger partial charge in [0.1, 0.15) is 5.76 Å². The Morgan fingerprint density at radius 2 is 2.03 bits per heavy atom. The standard InChI is InChI=1S/C25H25F3N4O3/c1-3-19-11-22(31-35-19)24(34)30-13-21-15(2)29-12-17-14-32(8-7-20(17)21)23(33)10-16-5-4-6-18(9-16)25(26,27)28/h4-6,9,11-12H,3,7-8,10,13-14H2,1-2H3,(H,30,34). The van der Waals surface area contributed by atoms with Crippen LogP contribution in [0, 0.1) is 6.92 Å². The van der Waals surface area contributed by atoms with Crippen LogP contribution in [0.15, 0.2) is 41.1 Å². The van der Waals surface area contributed by atoms with E-state index in [1.807, 2.05) is 13.8 Å². The van der Waals surface area contributed by atoms with E-state index >= 15 is 0 Å². The van der Waals surface area contributed by atoms with Crippen molar-refractivity contribution in [2.45, 2.75) is 52.4 Å². The van der Waals surface area contributed by atoms with E-state index in [2.05, 4.69) is 15.5 Å². The van der Waals surface area contributed by atoms with E-state index in [1.165, 1.54) is 12.1 Å². The van der Waals surface area contributed by atoms with Gasteiger partial charge in [0.2, 0.25) is 5.91 Å². The summed E-state index contributed by atoms with van der Waals surface area (Å²) < 4.78 is 44.0. The Kier molecular flexibility index (Phi) is 6.90. The number of amides is 2. The molecule has 0 fully saturated rings. The Bertz CT molecular complexity index is 1250. The molecule has 7 nitrogen and oxygen atoms in total. The highest BCUT2D eigenvalue weighted by atomic mass is 19.4. The first kappa shape index (κ1) is 24.4. The number of alkyl halides is 3. The molecule has 1 aromatic carbocycles. The first-order valence-corrected chi connectivity index (χ1v) is 11.3. The van der Waals surface area contributed by atoms with Crippen LogP contribution in [0.5, 0.6) is 0 Å². The van der Waals surface area contributed by atoms with Crippen molar-refractivity contribution in [3.05, 3.63) is 81.5 Å². The molecule has 0 saturated heterocycles. The second-order valence-electron chi connectivity index (χ2n) is 8.48. The lowest BCUT2D eigenvalue weighted by atomic mass is 9.94. The molecule has 0 spiro atoms. The summed E-state index contributed by atoms with van der Waals surface area (Å²) in [5.41, 5.74) is 3.31. The highest BCUT2D eigenvalue weighted by Crippen LogP contribution is 2.30. The van der Waals surface area contributed by atoms with Gasteiger partial charge in [-0.2, -0.15) is 13.2 Å². The minimum atomic E-state index is -4.45. The van der Waals surface area contributed by atoms with E-state index in [-0.39, 0.29) is 30.5 Å². The number of hydrogen-bond donors (Lipinski definition) is 1. The number of nitrogens with one attached hydrogen (secondary N) is 1. The zero-order chi connectivity index (χ0) is 25.2. The van der Waals surface area contributed by atoms with Crippen LogP contribution >= 0.6 is 0 Å². The van der Waals surface area contributed by atoms with Gasteiger partial charge >= 0.3 is 6.18 Å². The Morgan fingerprint density at radius 1 is 1.23 bits per heavy atom. The van der Waals surface area contributed by atoms with E-state index in [9.17, 15) is 22.8 Å². The summed E-state index contributed by atoms with van der Waals surface area (Å²) in [5, 5.41) is 6.64. The number of aryl methyl sites for hydroxylation is 2. The van der Waals surface area contributed by atoms with Crippen LogP contribution in [0.3, 0.4) is 0 Å². The number of pyridine rings is 1. The molecule has 0 radical (unpaired) electrons. The summed E-state index contributed by atoms with van der Waals surface area (Å²) in [4.78, 5) is 31.3. The summed E-state index contributed by atoms with van der Waals surface area (Å²) in [6.07, 6.45) is -1.66. The van der Waals surface area contributed by atoms with Crippen molar-refractivity contribution < 1.29 is 27.3 Å². The van der Waals surface area contributed by atoms with Crippen molar-refractivity contribution >= 4 is 11.8 Å². The van der Waals surface area contributed by atoms with Crippen LogP contribution in [-0.2, 0) is 43.3 Å². The lowest BCUT2D eigenvalue weighted by molar-refractivity contribution is -0.138. The van der Waals surface area contributed by atoms with Crippen LogP contribution < -0.4 is 5.32 Å². The summed E-state index contributed by atoms with van der Waals surface area (Å²) in [6.45, 7) is 4.76. The van der Waals surface area contributed by atoms with Crippen molar-refractivity contribution in [2.75, 3.05) is 6.54 Å². The Labute approximate surface area is 200 Å². The Hall–Kier alpha value is -3.69. The van der Waals surface area contributed by atoms with E-state index in [0.717, 1.165) is 34.5 Å². The third-order valence-electron chi connectivity index (χ3n) is 6.12. The molecular weight excluding hydrogens is 461 g/mol. The summed E-state index contributed by atoms with van der Waals surface area (Å²) in [7, 11) is 0. The monoisotopic (exact) mass is 486 g/mol. The Morgan fingerprint density at radius 3 is 2.74 bits per heavy atom. The average molecular weight is 486 g/mol. The number of hydrogen-bond acceptors (Lipinski definition) is 5. The maximum absolute atomic E-state index is 13.0. The molecule has 0 unspecified atom stereocenters. The average Bonchev–Trinajstić information content (AvgIpc) is 3.32. The predicted octanol–water partition coefficient (Wildman–Crippen LogP) is 4.02. The largest absolute Gasteiger partial charge is 0.416 e. The summed E-state index contributed by atoms with van der Waals surface area (Å²) in [5.74, 6) is 0.0299. The number of fused-ring (bicyclic) bond motifs is 1. The fourth-order valence-corrected chi connectivity index (χ4v) is 4.16. The molecule has 1 N–H and O–H groups in total. The van der Waals surface area contributed by atoms with Gasteiger partial charge in [0.05, 0.1) is 12.0 Å². The predicted molar refractivity (Wildman–Crippen MR) is 120 cm³/mol. The Balaban J connectivity index is 1.43. The first-order chi connectivity index (χ1) is 16.7. The van der Waals surface area contributed by atoms with E-state index in [1.54, 1.807) is 17.2 Å². The highest BCUT2D eigenvalue weighted by molar-refractivity contribution is 5.92. The van der Waals surface area contributed by atoms with Crippen LogP contribution in [0.2, 0.25) is 0 Å². The smallest absolute Gasteiger partial charge is 0.361 e. The SMILES string of the molecule is CCc1cc(C(=O)NCc2c(C)ncc3c2CCN(C(=O)Cc2cccc(C(F)(F)F)c2)C3)no1. The molecule has 35 heavy (non-hydrogen) atoms. The third kappa shape index (κ3) is 5.52. The second kappa shape index (κ2) is 9.89. The number of benzene rings is 1. The number of halogens is 3. The number of rotatable bonds is 6. The quantitative estimate of drug-likeness (QED) is 0.569. The minimum Gasteiger partial charge on any atom is -0.361 e. The van der Waals surface area contributed by atoms with Crippen LogP contribution in [-0.4, -0.2) is 33.4 Å². The van der Waals surface area contributed by atoms with E-state index in [4.69, 9.17) is 4.52 Å². The number of carbonyl (C=O) groups is 2. The molecule has 1 aliphatic heterocycles. The minimum absolute atomic E-state index is 0.112. The molecule has 3 heterocycles. The van der Waals surface area contributed by atoms with Gasteiger partial charge in [-0.3, -0.25) is 14.6 Å². The lowest BCUT2D eigenvalue weighted by Gasteiger charge is -2.30. The van der Waals surface area contributed by atoms with Crippen LogP contribution in [0.4, 0.5) is 13.2 Å². The van der Waals surface area contributed by atoms with Gasteiger partial charge in [0, 0.05) is 44.0 Å². The maximum Gasteiger partial charge on any atom is 0.416 e. The molecule has 3 aromatic rings. The van der Waals surface area contributed by atoms with Gasteiger partial charge in [-0.1, -0.05) is 30.3 Å². The van der Waals surface area contributed by atoms with Gasteiger partial charge in [-0.15, -0.1) is 0 Å². The zero-order valence-corrected chi connectivity index (χ0v) is 19.4. The molecule has 2 aromatic heterocycles. The second-order valence-corrected chi connectivity index (χ2v) is 8.48. The first-order valence-electron chi connectivity index (χ1n) is 11.3. The summed E-state index contributed by atoms with van der Waals surface area (Å²) in [6, 6.07) is 6.45. The van der Waals surface area contributed by atoms with Crippen molar-refractivity contribution in [1.29, 1.82) is 0 Å². The van der Waals surface area contributed by atoms with Crippen LogP contribution in [0.25, 0.3) is 0 Å². The molecule has 10 heteroatoms. The van der Waals surface area contributed by atoms with Crippen molar-refractivity contribution in [1.82, 2.24) is 20.4 Å². The molecular formula is C25H25F3N4O3. The van der Waals surface area contributed by atoms with Gasteiger partial charge in [0.25, 0.3) is 5.91 Å². The van der Waals surface area contributed by atoms with Gasteiger partial charge in [-0.25, -0.2) is 0 Å². The zero-order valence-electron chi connectivity index (χ0n) is 19.4. The molecule has 0 atom stereocenters. The highest BCUT2D eigenvalue weighted by Gasteiger charge is 2.31. The normalized spacial score (nSPS) is 13.5. The van der Waals surface area contributed by atoms with Gasteiger partial charge in [-0.05, 0) is 41.7 Å². The number of nitrogens with zero attached hydrogens (tertiary/aromatic N) is 3. The lowest BCUT2D eigenvalue weighted by Crippen LogP contribution is -2.38. The van der Waals surface area contributed by atoms with Crippen molar-refractivity contribution in [3.63, 3.8) is 0 Å². The van der Waals surface area contributed by atoms with Crippen molar-refractivity contribution in [3.8, 4) is 0 Å². The van der Waals surface area contributed by atoms with Crippen molar-refractivity contribution in [2.24, 2.45) is 0 Å². The van der Waals surface area contributed by atoms with E-state index in [0.29, 0.717) is 37.3 Å². The third-order valence-corrected chi connectivity index (χ3v) is 6.12. The van der Waals surface area contributed by atoms with Crippen LogP contribution in [0.1, 0.15) is 56.7 Å². The fourth-order valence-electron chi connectivity index (χ4n) is 4.16. The molecule has 2 amide bonds. The van der Waals surface area contributed by atoms with Gasteiger partial charge < -0.3 is 14.7 Å². The molecule has 4 rings (SSSR count). The molecule has 1 aliphatic rings.